The van der Waals surface area contributed by atoms with Gasteiger partial charge in [0.1, 0.15) is 22.3 Å². The van der Waals surface area contributed by atoms with Gasteiger partial charge in [-0.05, 0) is 185 Å². The second kappa shape index (κ2) is 22.8. The minimum atomic E-state index is -0.341. The van der Waals surface area contributed by atoms with E-state index < -0.39 is 0 Å². The van der Waals surface area contributed by atoms with E-state index in [4.69, 9.17) is 8.83 Å². The van der Waals surface area contributed by atoms with Gasteiger partial charge in [0.25, 0.3) is 6.71 Å². The molecule has 0 unspecified atom stereocenters. The van der Waals surface area contributed by atoms with E-state index in [-0.39, 0.29) is 23.0 Å². The van der Waals surface area contributed by atoms with Crippen LogP contribution in [0, 0.1) is 0 Å². The lowest BCUT2D eigenvalue weighted by Gasteiger charge is -2.46. The summed E-state index contributed by atoms with van der Waals surface area (Å²) in [6, 6.07) is 111. The number of aromatic nitrogens is 1. The summed E-state index contributed by atoms with van der Waals surface area (Å²) in [5.74, 6) is 0. The van der Waals surface area contributed by atoms with E-state index >= 15 is 0 Å². The van der Waals surface area contributed by atoms with Gasteiger partial charge in [-0.15, -0.1) is 0 Å². The van der Waals surface area contributed by atoms with Crippen molar-refractivity contribution < 1.29 is 8.83 Å². The van der Waals surface area contributed by atoms with Crippen LogP contribution in [0.4, 0.5) is 34.1 Å². The van der Waals surface area contributed by atoms with Gasteiger partial charge in [0, 0.05) is 61.1 Å². The highest BCUT2D eigenvalue weighted by Crippen LogP contribution is 2.56. The van der Waals surface area contributed by atoms with Crippen molar-refractivity contribution in [3.8, 4) is 61.3 Å². The third-order valence-corrected chi connectivity index (χ3v) is 21.8. The van der Waals surface area contributed by atoms with Crippen molar-refractivity contribution in [2.75, 3.05) is 9.80 Å². The molecule has 0 bridgehead atoms. The van der Waals surface area contributed by atoms with Crippen LogP contribution in [-0.2, 0) is 16.2 Å². The molecule has 102 heavy (non-hydrogen) atoms. The average Bonchev–Trinajstić information content (AvgIpc) is 0.937. The maximum atomic E-state index is 7.12. The maximum absolute atomic E-state index is 7.12. The zero-order valence-corrected chi connectivity index (χ0v) is 59.0. The van der Waals surface area contributed by atoms with Gasteiger partial charge in [-0.3, -0.25) is 0 Å². The van der Waals surface area contributed by atoms with Crippen molar-refractivity contribution in [1.29, 1.82) is 0 Å². The lowest BCUT2D eigenvalue weighted by molar-refractivity contribution is 0.590. The molecule has 14 aromatic carbocycles. The molecule has 0 saturated heterocycles. The zero-order chi connectivity index (χ0) is 69.1. The number of nitrogens with zero attached hydrogens (tertiary/aromatic N) is 3. The van der Waals surface area contributed by atoms with E-state index in [0.717, 1.165) is 128 Å². The first kappa shape index (κ1) is 61.3. The van der Waals surface area contributed by atoms with Crippen LogP contribution < -0.4 is 26.2 Å². The fourth-order valence-corrected chi connectivity index (χ4v) is 16.6. The monoisotopic (exact) mass is 1310 g/mol. The number of hydrogen-bond donors (Lipinski definition) is 0. The second-order valence-corrected chi connectivity index (χ2v) is 31.2. The molecule has 0 N–H and O–H groups in total. The zero-order valence-electron chi connectivity index (χ0n) is 59.0. The molecule has 0 fully saturated rings. The fraction of sp³-hybridized carbons (Fsp3) is 0.125. The summed E-state index contributed by atoms with van der Waals surface area (Å²) < 4.78 is 16.7. The second-order valence-electron chi connectivity index (χ2n) is 31.2. The third kappa shape index (κ3) is 9.74. The standard InChI is InChI=1S/C96H76BN3O2/c1-94(2,3)67-33-23-31-65(52-67)71-44-49-87-89(74-36-17-20-39-85(74)101-87)92(71)99-81-48-42-64(62-30-22-29-61(51-62)59-25-12-10-13-26-59)55-78(81)97-77-46-43-70(98-79-38-19-16-35-73(79)76-54-63(41-47-80(76)98)60-27-14-11-15-28-60)58-82(77)100(84-57-69(96(7,8)9)56-83(99)91(84)97)93-72(66-32-24-34-68(53-66)95(4,5)6)45-50-88-90(93)75-37-18-21-40-86(75)102-88/h10-58H,1-9H3. The Morgan fingerprint density at radius 1 is 0.275 bits per heavy atom. The highest BCUT2D eigenvalue weighted by molar-refractivity contribution is 7.00. The molecule has 5 heterocycles. The molecule has 6 heteroatoms. The molecular weight excluding hydrogens is 1240 g/mol. The smallest absolute Gasteiger partial charge is 0.252 e. The highest BCUT2D eigenvalue weighted by atomic mass is 16.3. The summed E-state index contributed by atoms with van der Waals surface area (Å²) in [4.78, 5) is 5.35. The van der Waals surface area contributed by atoms with Crippen molar-refractivity contribution in [1.82, 2.24) is 4.57 Å². The van der Waals surface area contributed by atoms with Crippen LogP contribution >= 0.6 is 0 Å². The lowest BCUT2D eigenvalue weighted by atomic mass is 9.33. The molecule has 5 nitrogen and oxygen atoms in total. The van der Waals surface area contributed by atoms with Crippen LogP contribution in [0.1, 0.15) is 79.0 Å². The number of furan rings is 2. The molecule has 0 aliphatic carbocycles. The normalized spacial score (nSPS) is 13.1. The van der Waals surface area contributed by atoms with Crippen molar-refractivity contribution >= 4 is 123 Å². The molecule has 0 amide bonds. The fourth-order valence-electron chi connectivity index (χ4n) is 16.6. The molecule has 3 aromatic heterocycles. The molecule has 0 saturated carbocycles. The van der Waals surface area contributed by atoms with E-state index in [1.54, 1.807) is 0 Å². The van der Waals surface area contributed by atoms with E-state index in [1.807, 2.05) is 0 Å². The van der Waals surface area contributed by atoms with Gasteiger partial charge in [-0.1, -0.05) is 269 Å². The summed E-state index contributed by atoms with van der Waals surface area (Å²) in [5.41, 5.74) is 31.6. The minimum Gasteiger partial charge on any atom is -0.456 e. The van der Waals surface area contributed by atoms with Gasteiger partial charge in [-0.25, -0.2) is 0 Å². The summed E-state index contributed by atoms with van der Waals surface area (Å²) >= 11 is 0. The minimum absolute atomic E-state index is 0.109. The van der Waals surface area contributed by atoms with Crippen molar-refractivity contribution in [3.05, 3.63) is 314 Å². The van der Waals surface area contributed by atoms with Crippen LogP contribution in [0.5, 0.6) is 0 Å². The molecule has 490 valence electrons. The number of benzene rings is 14. The molecule has 17 aromatic rings. The number of rotatable bonds is 8. The molecule has 19 rings (SSSR count). The van der Waals surface area contributed by atoms with Gasteiger partial charge in [0.05, 0.1) is 33.2 Å². The van der Waals surface area contributed by atoms with E-state index in [2.05, 4.69) is 374 Å². The molecule has 2 aliphatic heterocycles. The Kier molecular flexibility index (Phi) is 13.7. The number of anilines is 6. The molecule has 0 atom stereocenters. The van der Waals surface area contributed by atoms with Crippen molar-refractivity contribution in [2.45, 2.75) is 78.6 Å². The molecule has 0 radical (unpaired) electrons. The Bertz CT molecular complexity index is 6290. The van der Waals surface area contributed by atoms with Gasteiger partial charge in [0.2, 0.25) is 0 Å². The van der Waals surface area contributed by atoms with E-state index in [1.165, 1.54) is 66.1 Å². The van der Waals surface area contributed by atoms with Gasteiger partial charge < -0.3 is 23.2 Å². The Morgan fingerprint density at radius 2 is 0.735 bits per heavy atom. The topological polar surface area (TPSA) is 37.7 Å². The van der Waals surface area contributed by atoms with Crippen LogP contribution in [0.3, 0.4) is 0 Å². The van der Waals surface area contributed by atoms with Crippen LogP contribution in [-0.4, -0.2) is 11.3 Å². The summed E-state index contributed by atoms with van der Waals surface area (Å²) in [6.45, 7) is 20.7. The third-order valence-electron chi connectivity index (χ3n) is 21.8. The predicted octanol–water partition coefficient (Wildman–Crippen LogP) is 24.9. The Hall–Kier alpha value is -11.9. The average molecular weight is 1310 g/mol. The largest absolute Gasteiger partial charge is 0.456 e. The first-order valence-electron chi connectivity index (χ1n) is 35.9. The summed E-state index contributed by atoms with van der Waals surface area (Å²) in [6.07, 6.45) is 0. The van der Waals surface area contributed by atoms with Crippen molar-refractivity contribution in [2.24, 2.45) is 0 Å². The van der Waals surface area contributed by atoms with Crippen LogP contribution in [0.25, 0.3) is 127 Å². The first-order chi connectivity index (χ1) is 49.5. The number of para-hydroxylation sites is 3. The highest BCUT2D eigenvalue weighted by Gasteiger charge is 2.46. The van der Waals surface area contributed by atoms with Crippen LogP contribution in [0.15, 0.2) is 306 Å². The number of hydrogen-bond acceptors (Lipinski definition) is 4. The Morgan fingerprint density at radius 3 is 1.31 bits per heavy atom. The van der Waals surface area contributed by atoms with E-state index in [0.29, 0.717) is 0 Å². The van der Waals surface area contributed by atoms with E-state index in [9.17, 15) is 0 Å². The number of fused-ring (bicyclic) bond motifs is 13. The van der Waals surface area contributed by atoms with Gasteiger partial charge >= 0.3 is 0 Å². The molecule has 0 spiro atoms. The van der Waals surface area contributed by atoms with Crippen LogP contribution in [0.2, 0.25) is 0 Å². The first-order valence-corrected chi connectivity index (χ1v) is 35.9. The molecule has 2 aliphatic rings. The summed E-state index contributed by atoms with van der Waals surface area (Å²) in [5, 5.41) is 6.66. The maximum Gasteiger partial charge on any atom is 0.252 e. The van der Waals surface area contributed by atoms with Gasteiger partial charge in [0.15, 0.2) is 0 Å². The predicted molar refractivity (Wildman–Crippen MR) is 433 cm³/mol. The van der Waals surface area contributed by atoms with Gasteiger partial charge in [-0.2, -0.15) is 0 Å². The Labute approximate surface area is 596 Å². The summed E-state index contributed by atoms with van der Waals surface area (Å²) in [7, 11) is 0. The quantitative estimate of drug-likeness (QED) is 0.142. The molecular formula is C96H76BN3O2. The lowest BCUT2D eigenvalue weighted by Crippen LogP contribution is -2.61. The SMILES string of the molecule is CC(C)(C)c1cccc(-c2ccc3oc4ccccc4c3c2N2c3ccc(-c4cccc(-c5ccccc5)c4)cc3B3c4ccc(-n5c6ccccc6c6cc(-c7ccccc7)ccc65)cc4N(c4c(-c5cccc(C(C)(C)C)c5)ccc5oc6ccccc6c45)c4cc(C(C)(C)C)cc2c43)c1. The Balaban J connectivity index is 0.980. The van der Waals surface area contributed by atoms with Crippen molar-refractivity contribution in [3.63, 3.8) is 0 Å².